The molecule has 25 heavy (non-hydrogen) atoms. The molecule has 0 aliphatic carbocycles. The number of imidazole rings is 1. The van der Waals surface area contributed by atoms with Crippen molar-refractivity contribution in [2.24, 2.45) is 0 Å². The first-order valence-electron chi connectivity index (χ1n) is 7.67. The Hall–Kier alpha value is -3.22. The molecule has 1 aromatic carbocycles. The van der Waals surface area contributed by atoms with Crippen molar-refractivity contribution in [3.05, 3.63) is 77.6 Å². The fraction of sp³-hybridized carbons (Fsp3) is 0.111. The quantitative estimate of drug-likeness (QED) is 0.575. The Labute approximate surface area is 142 Å². The van der Waals surface area contributed by atoms with Gasteiger partial charge in [0.15, 0.2) is 17.3 Å². The second-order valence-corrected chi connectivity index (χ2v) is 5.63. The lowest BCUT2D eigenvalue weighted by Crippen LogP contribution is -2.04. The highest BCUT2D eigenvalue weighted by atomic mass is 19.1. The van der Waals surface area contributed by atoms with E-state index in [1.165, 1.54) is 6.07 Å². The van der Waals surface area contributed by atoms with Crippen LogP contribution in [0.5, 0.6) is 0 Å². The molecule has 0 atom stereocenters. The smallest absolute Gasteiger partial charge is 0.180 e. The average Bonchev–Trinajstić information content (AvgIpc) is 3.08. The van der Waals surface area contributed by atoms with Gasteiger partial charge in [0.25, 0.3) is 0 Å². The number of halogens is 2. The molecule has 0 fully saturated rings. The predicted molar refractivity (Wildman–Crippen MR) is 87.9 cm³/mol. The van der Waals surface area contributed by atoms with Crippen molar-refractivity contribution < 1.29 is 8.78 Å². The Bertz CT molecular complexity index is 1070. The first-order valence-corrected chi connectivity index (χ1v) is 7.67. The monoisotopic (exact) mass is 337 g/mol. The van der Waals surface area contributed by atoms with Crippen molar-refractivity contribution in [3.63, 3.8) is 0 Å². The molecule has 5 nitrogen and oxygen atoms in total. The number of aryl methyl sites for hydroxylation is 1. The summed E-state index contributed by atoms with van der Waals surface area (Å²) in [4.78, 5) is 17.0. The fourth-order valence-electron chi connectivity index (χ4n) is 2.62. The number of aromatic nitrogens is 5. The molecular weight excluding hydrogens is 324 g/mol. The van der Waals surface area contributed by atoms with Crippen LogP contribution >= 0.6 is 0 Å². The van der Waals surface area contributed by atoms with E-state index in [1.807, 2.05) is 0 Å². The van der Waals surface area contributed by atoms with Crippen LogP contribution in [0.4, 0.5) is 8.78 Å². The van der Waals surface area contributed by atoms with Gasteiger partial charge in [-0.25, -0.2) is 28.7 Å². The summed E-state index contributed by atoms with van der Waals surface area (Å²) in [6.07, 6.45) is 6.53. The van der Waals surface area contributed by atoms with Gasteiger partial charge >= 0.3 is 0 Å². The summed E-state index contributed by atoms with van der Waals surface area (Å²) in [5, 5.41) is 0. The number of benzene rings is 1. The molecule has 0 aliphatic rings. The van der Waals surface area contributed by atoms with Crippen molar-refractivity contribution in [2.45, 2.75) is 13.3 Å². The number of hydrogen-bond acceptors (Lipinski definition) is 4. The summed E-state index contributed by atoms with van der Waals surface area (Å²) in [6.45, 7) is 1.57. The molecule has 4 aromatic rings. The average molecular weight is 337 g/mol. The highest BCUT2D eigenvalue weighted by Gasteiger charge is 2.14. The lowest BCUT2D eigenvalue weighted by molar-refractivity contribution is 0.602. The van der Waals surface area contributed by atoms with Crippen LogP contribution in [0.15, 0.2) is 49.1 Å². The zero-order valence-corrected chi connectivity index (χ0v) is 13.3. The lowest BCUT2D eigenvalue weighted by Gasteiger charge is -2.08. The van der Waals surface area contributed by atoms with Gasteiger partial charge in [-0.2, -0.15) is 0 Å². The Balaban J connectivity index is 1.85. The summed E-state index contributed by atoms with van der Waals surface area (Å²) in [5.74, 6) is -0.461. The number of nitrogens with zero attached hydrogens (tertiary/aromatic N) is 5. The molecule has 0 aliphatic heterocycles. The van der Waals surface area contributed by atoms with Crippen LogP contribution in [0.25, 0.3) is 17.2 Å². The van der Waals surface area contributed by atoms with Crippen LogP contribution in [-0.2, 0) is 6.42 Å². The first kappa shape index (κ1) is 15.3. The zero-order valence-electron chi connectivity index (χ0n) is 13.3. The van der Waals surface area contributed by atoms with Gasteiger partial charge in [-0.15, -0.1) is 0 Å². The minimum absolute atomic E-state index is 0.244. The summed E-state index contributed by atoms with van der Waals surface area (Å²) in [6, 6.07) is 6.54. The maximum atomic E-state index is 14.0. The fourth-order valence-corrected chi connectivity index (χ4v) is 2.62. The van der Waals surface area contributed by atoms with E-state index in [2.05, 4.69) is 19.9 Å². The highest BCUT2D eigenvalue weighted by molar-refractivity contribution is 5.55. The normalized spacial score (nSPS) is 11.2. The Morgan fingerprint density at radius 2 is 1.88 bits per heavy atom. The van der Waals surface area contributed by atoms with E-state index in [1.54, 1.807) is 48.1 Å². The third-order valence-electron chi connectivity index (χ3n) is 3.91. The SMILES string of the molecule is Cc1nc(-c2cn3ccnc3c(Cc3ccccc3F)n2)ncc1F. The lowest BCUT2D eigenvalue weighted by atomic mass is 10.1. The Morgan fingerprint density at radius 3 is 2.68 bits per heavy atom. The summed E-state index contributed by atoms with van der Waals surface area (Å²) in [5.41, 5.74) is 2.46. The molecule has 0 saturated heterocycles. The number of fused-ring (bicyclic) bond motifs is 1. The van der Waals surface area contributed by atoms with E-state index in [9.17, 15) is 8.78 Å². The van der Waals surface area contributed by atoms with E-state index < -0.39 is 5.82 Å². The maximum absolute atomic E-state index is 14.0. The molecule has 4 rings (SSSR count). The molecule has 124 valence electrons. The second kappa shape index (κ2) is 6.01. The first-order chi connectivity index (χ1) is 12.1. The van der Waals surface area contributed by atoms with Crippen molar-refractivity contribution in [1.29, 1.82) is 0 Å². The van der Waals surface area contributed by atoms with Crippen molar-refractivity contribution in [1.82, 2.24) is 24.3 Å². The number of hydrogen-bond donors (Lipinski definition) is 0. The van der Waals surface area contributed by atoms with E-state index in [-0.39, 0.29) is 17.9 Å². The van der Waals surface area contributed by atoms with Crippen LogP contribution < -0.4 is 0 Å². The second-order valence-electron chi connectivity index (χ2n) is 5.63. The molecule has 0 unspecified atom stereocenters. The molecular formula is C18H13F2N5. The highest BCUT2D eigenvalue weighted by Crippen LogP contribution is 2.20. The van der Waals surface area contributed by atoms with Gasteiger partial charge in [-0.3, -0.25) is 0 Å². The summed E-state index contributed by atoms with van der Waals surface area (Å²) >= 11 is 0. The number of rotatable bonds is 3. The van der Waals surface area contributed by atoms with Gasteiger partial charge < -0.3 is 4.40 Å². The van der Waals surface area contributed by atoms with Crippen molar-refractivity contribution in [2.75, 3.05) is 0 Å². The Morgan fingerprint density at radius 1 is 1.04 bits per heavy atom. The van der Waals surface area contributed by atoms with Gasteiger partial charge in [0.1, 0.15) is 11.5 Å². The molecule has 0 radical (unpaired) electrons. The molecule has 0 spiro atoms. The maximum Gasteiger partial charge on any atom is 0.180 e. The standard InChI is InChI=1S/C18H13F2N5/c1-11-14(20)9-22-17(23-11)16-10-25-7-6-21-18(25)15(24-16)8-12-4-2-3-5-13(12)19/h2-7,9-10H,8H2,1H3. The molecule has 0 saturated carbocycles. The molecule has 3 aromatic heterocycles. The zero-order chi connectivity index (χ0) is 17.4. The third kappa shape index (κ3) is 2.84. The van der Waals surface area contributed by atoms with Crippen LogP contribution in [0, 0.1) is 18.6 Å². The molecule has 3 heterocycles. The van der Waals surface area contributed by atoms with E-state index in [4.69, 9.17) is 0 Å². The summed E-state index contributed by atoms with van der Waals surface area (Å²) < 4.78 is 29.2. The topological polar surface area (TPSA) is 56.0 Å². The van der Waals surface area contributed by atoms with E-state index in [0.29, 0.717) is 28.4 Å². The van der Waals surface area contributed by atoms with Crippen molar-refractivity contribution in [3.8, 4) is 11.5 Å². The minimum atomic E-state index is -0.473. The van der Waals surface area contributed by atoms with Crippen molar-refractivity contribution >= 4 is 5.65 Å². The van der Waals surface area contributed by atoms with Gasteiger partial charge in [0.2, 0.25) is 0 Å². The van der Waals surface area contributed by atoms with Gasteiger partial charge in [0, 0.05) is 25.0 Å². The minimum Gasteiger partial charge on any atom is -0.303 e. The summed E-state index contributed by atoms with van der Waals surface area (Å²) in [7, 11) is 0. The molecule has 0 bridgehead atoms. The molecule has 7 heteroatoms. The van der Waals surface area contributed by atoms with Crippen LogP contribution in [0.3, 0.4) is 0 Å². The van der Waals surface area contributed by atoms with Gasteiger partial charge in [0.05, 0.1) is 17.6 Å². The largest absolute Gasteiger partial charge is 0.303 e. The van der Waals surface area contributed by atoms with Crippen LogP contribution in [-0.4, -0.2) is 24.3 Å². The van der Waals surface area contributed by atoms with E-state index in [0.717, 1.165) is 6.20 Å². The third-order valence-corrected chi connectivity index (χ3v) is 3.91. The Kier molecular flexibility index (Phi) is 3.68. The van der Waals surface area contributed by atoms with Crippen LogP contribution in [0.1, 0.15) is 17.0 Å². The molecule has 0 amide bonds. The van der Waals surface area contributed by atoms with Gasteiger partial charge in [-0.1, -0.05) is 18.2 Å². The van der Waals surface area contributed by atoms with E-state index >= 15 is 0 Å². The predicted octanol–water partition coefficient (Wildman–Crippen LogP) is 3.36. The van der Waals surface area contributed by atoms with Gasteiger partial charge in [-0.05, 0) is 18.6 Å². The molecule has 0 N–H and O–H groups in total. The van der Waals surface area contributed by atoms with Crippen LogP contribution in [0.2, 0.25) is 0 Å².